The van der Waals surface area contributed by atoms with Gasteiger partial charge in [-0.25, -0.2) is 15.4 Å². The van der Waals surface area contributed by atoms with Gasteiger partial charge in [0.05, 0.1) is 21.4 Å². The Kier molecular flexibility index (Phi) is 6.64. The zero-order valence-corrected chi connectivity index (χ0v) is 16.2. The van der Waals surface area contributed by atoms with E-state index in [4.69, 9.17) is 0 Å². The minimum absolute atomic E-state index is 0.0691. The molecule has 1 aromatic carbocycles. The molecule has 0 radical (unpaired) electrons. The minimum atomic E-state index is -0.712. The highest BCUT2D eigenvalue weighted by atomic mass is 79.9. The lowest BCUT2D eigenvalue weighted by Crippen LogP contribution is -2.19. The summed E-state index contributed by atoms with van der Waals surface area (Å²) in [6.07, 6.45) is 1.24. The molecule has 0 bridgehead atoms. The number of hydrazone groups is 1. The van der Waals surface area contributed by atoms with Crippen LogP contribution in [0.5, 0.6) is 5.75 Å². The number of nitrogens with one attached hydrogen (secondary N) is 1. The predicted octanol–water partition coefficient (Wildman–Crippen LogP) is 2.71. The summed E-state index contributed by atoms with van der Waals surface area (Å²) in [7, 11) is 0. The number of nitro benzene ring substituents is 1. The number of thioether (sulfide) groups is 1. The van der Waals surface area contributed by atoms with Gasteiger partial charge in [0.25, 0.3) is 5.91 Å². The van der Waals surface area contributed by atoms with Crippen molar-refractivity contribution in [3.63, 3.8) is 0 Å². The van der Waals surface area contributed by atoms with Gasteiger partial charge in [0, 0.05) is 23.0 Å². The van der Waals surface area contributed by atoms with Crippen molar-refractivity contribution in [2.75, 3.05) is 5.75 Å². The summed E-state index contributed by atoms with van der Waals surface area (Å²) in [6, 6.07) is 4.42. The molecular formula is C15H14BrN5O4S. The quantitative estimate of drug-likeness (QED) is 0.232. The third-order valence-electron chi connectivity index (χ3n) is 2.96. The van der Waals surface area contributed by atoms with E-state index in [1.54, 1.807) is 0 Å². The number of hydrogen-bond acceptors (Lipinski definition) is 8. The lowest BCUT2D eigenvalue weighted by Gasteiger charge is -2.03. The van der Waals surface area contributed by atoms with Gasteiger partial charge in [-0.15, -0.1) is 0 Å². The fourth-order valence-corrected chi connectivity index (χ4v) is 3.13. The molecule has 1 heterocycles. The molecule has 9 nitrogen and oxygen atoms in total. The normalized spacial score (nSPS) is 10.9. The van der Waals surface area contributed by atoms with Crippen LogP contribution in [-0.2, 0) is 4.79 Å². The number of rotatable bonds is 6. The van der Waals surface area contributed by atoms with Crippen LogP contribution in [-0.4, -0.2) is 37.9 Å². The number of carbonyl (C=O) groups excluding carboxylic acids is 1. The topological polar surface area (TPSA) is 131 Å². The number of aromatic hydroxyl groups is 1. The minimum Gasteiger partial charge on any atom is -0.501 e. The maximum Gasteiger partial charge on any atom is 0.312 e. The van der Waals surface area contributed by atoms with Crippen molar-refractivity contribution >= 4 is 45.5 Å². The molecule has 0 aliphatic heterocycles. The number of hydrogen-bond donors (Lipinski definition) is 2. The summed E-state index contributed by atoms with van der Waals surface area (Å²) in [5.41, 5.74) is 3.83. The van der Waals surface area contributed by atoms with Crippen LogP contribution in [0.3, 0.4) is 0 Å². The second-order valence-corrected chi connectivity index (χ2v) is 6.94. The number of aromatic nitrogens is 2. The summed E-state index contributed by atoms with van der Waals surface area (Å²) in [6.45, 7) is 3.69. The number of phenols is 1. The Labute approximate surface area is 161 Å². The zero-order chi connectivity index (χ0) is 19.3. The van der Waals surface area contributed by atoms with Gasteiger partial charge < -0.3 is 5.11 Å². The van der Waals surface area contributed by atoms with Crippen molar-refractivity contribution in [3.05, 3.63) is 49.7 Å². The number of aryl methyl sites for hydroxylation is 2. The highest BCUT2D eigenvalue weighted by molar-refractivity contribution is 9.10. The van der Waals surface area contributed by atoms with Crippen molar-refractivity contribution in [2.24, 2.45) is 5.10 Å². The Hall–Kier alpha value is -2.53. The van der Waals surface area contributed by atoms with Gasteiger partial charge in [-0.05, 0) is 41.9 Å². The van der Waals surface area contributed by atoms with Crippen LogP contribution < -0.4 is 5.43 Å². The second-order valence-electron chi connectivity index (χ2n) is 5.14. The van der Waals surface area contributed by atoms with Gasteiger partial charge in [-0.1, -0.05) is 11.8 Å². The smallest absolute Gasteiger partial charge is 0.312 e. The van der Waals surface area contributed by atoms with Gasteiger partial charge >= 0.3 is 5.69 Å². The van der Waals surface area contributed by atoms with E-state index in [0.29, 0.717) is 10.7 Å². The number of nitro groups is 1. The molecular weight excluding hydrogens is 426 g/mol. The zero-order valence-electron chi connectivity index (χ0n) is 13.8. The first-order valence-corrected chi connectivity index (χ1v) is 8.98. The van der Waals surface area contributed by atoms with E-state index in [0.717, 1.165) is 17.5 Å². The Balaban J connectivity index is 1.95. The predicted molar refractivity (Wildman–Crippen MR) is 100 cm³/mol. The van der Waals surface area contributed by atoms with E-state index < -0.39 is 16.4 Å². The van der Waals surface area contributed by atoms with Crippen LogP contribution in [0.4, 0.5) is 5.69 Å². The van der Waals surface area contributed by atoms with Gasteiger partial charge in [0.2, 0.25) is 5.75 Å². The van der Waals surface area contributed by atoms with Crippen LogP contribution in [0.25, 0.3) is 0 Å². The Morgan fingerprint density at radius 2 is 2.04 bits per heavy atom. The summed E-state index contributed by atoms with van der Waals surface area (Å²) in [5.74, 6) is -0.776. The van der Waals surface area contributed by atoms with E-state index in [1.807, 2.05) is 19.9 Å². The SMILES string of the molecule is Cc1cc(C)nc(SCC(=O)N/N=C\c2cc(Br)c(O)c([N+](=O)[O-])c2)n1. The number of phenolic OH excluding ortho intramolecular Hbond substituents is 1. The van der Waals surface area contributed by atoms with Gasteiger partial charge in [0.1, 0.15) is 0 Å². The highest BCUT2D eigenvalue weighted by Crippen LogP contribution is 2.34. The molecule has 0 unspecified atom stereocenters. The fourth-order valence-electron chi connectivity index (χ4n) is 1.92. The van der Waals surface area contributed by atoms with Crippen molar-refractivity contribution in [1.29, 1.82) is 0 Å². The molecule has 26 heavy (non-hydrogen) atoms. The summed E-state index contributed by atoms with van der Waals surface area (Å²) < 4.78 is 0.155. The van der Waals surface area contributed by atoms with Crippen LogP contribution >= 0.6 is 27.7 Å². The monoisotopic (exact) mass is 439 g/mol. The molecule has 11 heteroatoms. The third kappa shape index (κ3) is 5.49. The lowest BCUT2D eigenvalue weighted by molar-refractivity contribution is -0.386. The van der Waals surface area contributed by atoms with Crippen LogP contribution in [0.2, 0.25) is 0 Å². The average Bonchev–Trinajstić information content (AvgIpc) is 2.55. The number of nitrogens with zero attached hydrogens (tertiary/aromatic N) is 4. The Morgan fingerprint density at radius 1 is 1.38 bits per heavy atom. The average molecular weight is 440 g/mol. The van der Waals surface area contributed by atoms with Gasteiger partial charge in [-0.3, -0.25) is 14.9 Å². The van der Waals surface area contributed by atoms with Crippen LogP contribution in [0, 0.1) is 24.0 Å². The molecule has 0 saturated carbocycles. The molecule has 136 valence electrons. The molecule has 0 saturated heterocycles. The molecule has 2 N–H and O–H groups in total. The van der Waals surface area contributed by atoms with E-state index in [1.165, 1.54) is 24.0 Å². The van der Waals surface area contributed by atoms with E-state index in [9.17, 15) is 20.0 Å². The second kappa shape index (κ2) is 8.72. The van der Waals surface area contributed by atoms with E-state index >= 15 is 0 Å². The third-order valence-corrected chi connectivity index (χ3v) is 4.41. The van der Waals surface area contributed by atoms with Gasteiger partial charge in [-0.2, -0.15) is 5.10 Å². The lowest BCUT2D eigenvalue weighted by atomic mass is 10.2. The number of halogens is 1. The maximum atomic E-state index is 11.8. The fraction of sp³-hybridized carbons (Fsp3) is 0.200. The molecule has 2 aromatic rings. The summed E-state index contributed by atoms with van der Waals surface area (Å²) in [4.78, 5) is 30.4. The molecule has 2 rings (SSSR count). The van der Waals surface area contributed by atoms with Crippen LogP contribution in [0.1, 0.15) is 17.0 Å². The Bertz CT molecular complexity index is 870. The number of amides is 1. The molecule has 0 aliphatic carbocycles. The largest absolute Gasteiger partial charge is 0.501 e. The first kappa shape index (κ1) is 19.8. The Morgan fingerprint density at radius 3 is 2.65 bits per heavy atom. The molecule has 0 fully saturated rings. The first-order valence-electron chi connectivity index (χ1n) is 7.20. The van der Waals surface area contributed by atoms with Gasteiger partial charge in [0.15, 0.2) is 5.16 Å². The molecule has 0 spiro atoms. The van der Waals surface area contributed by atoms with Crippen LogP contribution in [0.15, 0.2) is 32.9 Å². The summed E-state index contributed by atoms with van der Waals surface area (Å²) >= 11 is 4.20. The first-order chi connectivity index (χ1) is 12.3. The molecule has 0 atom stereocenters. The highest BCUT2D eigenvalue weighted by Gasteiger charge is 2.17. The molecule has 1 aromatic heterocycles. The molecule has 0 aliphatic rings. The van der Waals surface area contributed by atoms with Crippen molar-refractivity contribution in [1.82, 2.24) is 15.4 Å². The maximum absolute atomic E-state index is 11.8. The van der Waals surface area contributed by atoms with E-state index in [-0.39, 0.29) is 16.1 Å². The number of benzene rings is 1. The van der Waals surface area contributed by atoms with Crippen molar-refractivity contribution < 1.29 is 14.8 Å². The standard InChI is InChI=1S/C15H14BrN5O4S/c1-8-3-9(2)19-15(18-8)26-7-13(22)20-17-6-10-4-11(16)14(23)12(5-10)21(24)25/h3-6,23H,7H2,1-2H3,(H,20,22)/b17-6-. The molecule has 1 amide bonds. The van der Waals surface area contributed by atoms with Crippen molar-refractivity contribution in [2.45, 2.75) is 19.0 Å². The van der Waals surface area contributed by atoms with E-state index in [2.05, 4.69) is 36.4 Å². The number of carbonyl (C=O) groups is 1. The van der Waals surface area contributed by atoms with Crippen molar-refractivity contribution in [3.8, 4) is 5.75 Å². The summed E-state index contributed by atoms with van der Waals surface area (Å²) in [5, 5.41) is 24.7.